The van der Waals surface area contributed by atoms with Crippen molar-refractivity contribution in [3.63, 3.8) is 0 Å². The van der Waals surface area contributed by atoms with Gasteiger partial charge in [0.05, 0.1) is 5.56 Å². The van der Waals surface area contributed by atoms with E-state index in [4.69, 9.17) is 5.11 Å². The zero-order valence-electron chi connectivity index (χ0n) is 11.3. The Labute approximate surface area is 117 Å². The van der Waals surface area contributed by atoms with E-state index in [0.29, 0.717) is 16.8 Å². The van der Waals surface area contributed by atoms with Gasteiger partial charge in [0.25, 0.3) is 5.91 Å². The highest BCUT2D eigenvalue weighted by atomic mass is 16.4. The van der Waals surface area contributed by atoms with E-state index < -0.39 is 5.97 Å². The molecule has 0 aliphatic rings. The molecule has 0 aliphatic heterocycles. The lowest BCUT2D eigenvalue weighted by Crippen LogP contribution is -2.12. The molecule has 0 atom stereocenters. The van der Waals surface area contributed by atoms with Crippen LogP contribution in [0.2, 0.25) is 0 Å². The number of amides is 1. The molecule has 0 saturated heterocycles. The molecule has 0 fully saturated rings. The Hall–Kier alpha value is -2.62. The van der Waals surface area contributed by atoms with Gasteiger partial charge >= 0.3 is 5.97 Å². The van der Waals surface area contributed by atoms with Crippen LogP contribution in [0.3, 0.4) is 0 Å². The molecule has 1 amide bonds. The number of carboxylic acids is 1. The summed E-state index contributed by atoms with van der Waals surface area (Å²) >= 11 is 0. The van der Waals surface area contributed by atoms with Crippen LogP contribution < -0.4 is 5.32 Å². The summed E-state index contributed by atoms with van der Waals surface area (Å²) in [6.07, 6.45) is 0. The smallest absolute Gasteiger partial charge is 0.336 e. The fraction of sp³-hybridized carbons (Fsp3) is 0.125. The third kappa shape index (κ3) is 3.03. The monoisotopic (exact) mass is 269 g/mol. The van der Waals surface area contributed by atoms with Gasteiger partial charge < -0.3 is 10.4 Å². The highest BCUT2D eigenvalue weighted by Gasteiger charge is 2.10. The Kier molecular flexibility index (Phi) is 3.84. The van der Waals surface area contributed by atoms with Crippen LogP contribution in [0, 0.1) is 13.8 Å². The molecule has 0 spiro atoms. The largest absolute Gasteiger partial charge is 0.478 e. The maximum absolute atomic E-state index is 12.0. The van der Waals surface area contributed by atoms with E-state index in [-0.39, 0.29) is 11.5 Å². The summed E-state index contributed by atoms with van der Waals surface area (Å²) in [4.78, 5) is 23.1. The standard InChI is InChI=1S/C16H15NO3/c1-10-3-6-12(7-4-10)15(18)17-13-8-5-11(2)14(9-13)16(19)20/h3-9H,1-2H3,(H,17,18)(H,19,20). The average Bonchev–Trinajstić information content (AvgIpc) is 2.41. The van der Waals surface area contributed by atoms with E-state index in [1.54, 1.807) is 31.2 Å². The van der Waals surface area contributed by atoms with Gasteiger partial charge in [-0.3, -0.25) is 4.79 Å². The molecule has 0 radical (unpaired) electrons. The number of hydrogen-bond donors (Lipinski definition) is 2. The third-order valence-electron chi connectivity index (χ3n) is 3.04. The molecule has 0 heterocycles. The van der Waals surface area contributed by atoms with Gasteiger partial charge in [-0.2, -0.15) is 0 Å². The number of carbonyl (C=O) groups is 2. The molecule has 0 bridgehead atoms. The number of anilines is 1. The summed E-state index contributed by atoms with van der Waals surface area (Å²) in [5.41, 5.74) is 2.93. The Balaban J connectivity index is 2.21. The van der Waals surface area contributed by atoms with Crippen molar-refractivity contribution in [2.24, 2.45) is 0 Å². The highest BCUT2D eigenvalue weighted by Crippen LogP contribution is 2.16. The second-order valence-electron chi connectivity index (χ2n) is 4.66. The first-order chi connectivity index (χ1) is 9.47. The molecule has 2 N–H and O–H groups in total. The number of benzene rings is 2. The van der Waals surface area contributed by atoms with Crippen LogP contribution in [0.15, 0.2) is 42.5 Å². The van der Waals surface area contributed by atoms with Crippen molar-refractivity contribution in [3.05, 3.63) is 64.7 Å². The van der Waals surface area contributed by atoms with Gasteiger partial charge in [-0.25, -0.2) is 4.79 Å². The quantitative estimate of drug-likeness (QED) is 0.898. The van der Waals surface area contributed by atoms with Gasteiger partial charge in [-0.05, 0) is 43.7 Å². The second kappa shape index (κ2) is 5.57. The molecule has 2 rings (SSSR count). The molecule has 4 nitrogen and oxygen atoms in total. The number of hydrogen-bond acceptors (Lipinski definition) is 2. The predicted octanol–water partition coefficient (Wildman–Crippen LogP) is 3.25. The van der Waals surface area contributed by atoms with Gasteiger partial charge in [0.1, 0.15) is 0 Å². The van der Waals surface area contributed by atoms with E-state index in [0.717, 1.165) is 5.56 Å². The molecule has 2 aromatic carbocycles. The number of carbonyl (C=O) groups excluding carboxylic acids is 1. The van der Waals surface area contributed by atoms with Crippen LogP contribution in [-0.2, 0) is 0 Å². The van der Waals surface area contributed by atoms with Crippen molar-refractivity contribution in [2.45, 2.75) is 13.8 Å². The van der Waals surface area contributed by atoms with E-state index in [1.807, 2.05) is 19.1 Å². The van der Waals surface area contributed by atoms with Gasteiger partial charge in [0.15, 0.2) is 0 Å². The van der Waals surface area contributed by atoms with E-state index in [1.165, 1.54) is 6.07 Å². The van der Waals surface area contributed by atoms with Gasteiger partial charge in [0.2, 0.25) is 0 Å². The van der Waals surface area contributed by atoms with Crippen molar-refractivity contribution in [2.75, 3.05) is 5.32 Å². The second-order valence-corrected chi connectivity index (χ2v) is 4.66. The molecule has 0 unspecified atom stereocenters. The number of aromatic carboxylic acids is 1. The Morgan fingerprint density at radius 3 is 2.25 bits per heavy atom. The predicted molar refractivity (Wildman–Crippen MR) is 77.3 cm³/mol. The first kappa shape index (κ1) is 13.8. The maximum atomic E-state index is 12.0. The Bertz CT molecular complexity index is 660. The Morgan fingerprint density at radius 2 is 1.65 bits per heavy atom. The summed E-state index contributed by atoms with van der Waals surface area (Å²) in [5.74, 6) is -1.26. The van der Waals surface area contributed by atoms with E-state index >= 15 is 0 Å². The summed E-state index contributed by atoms with van der Waals surface area (Å²) in [6, 6.07) is 12.0. The molecule has 2 aromatic rings. The summed E-state index contributed by atoms with van der Waals surface area (Å²) in [5, 5.41) is 11.8. The van der Waals surface area contributed by atoms with Crippen LogP contribution in [-0.4, -0.2) is 17.0 Å². The topological polar surface area (TPSA) is 66.4 Å². The van der Waals surface area contributed by atoms with Gasteiger partial charge in [-0.15, -0.1) is 0 Å². The van der Waals surface area contributed by atoms with Crippen LogP contribution in [0.25, 0.3) is 0 Å². The molecule has 20 heavy (non-hydrogen) atoms. The average molecular weight is 269 g/mol. The first-order valence-corrected chi connectivity index (χ1v) is 6.19. The normalized spacial score (nSPS) is 10.1. The van der Waals surface area contributed by atoms with Crippen molar-refractivity contribution in [1.82, 2.24) is 0 Å². The number of aryl methyl sites for hydroxylation is 2. The number of rotatable bonds is 3. The minimum Gasteiger partial charge on any atom is -0.478 e. The lowest BCUT2D eigenvalue weighted by Gasteiger charge is -2.08. The van der Waals surface area contributed by atoms with Gasteiger partial charge in [-0.1, -0.05) is 23.8 Å². The zero-order chi connectivity index (χ0) is 14.7. The fourth-order valence-electron chi connectivity index (χ4n) is 1.84. The van der Waals surface area contributed by atoms with E-state index in [9.17, 15) is 9.59 Å². The zero-order valence-corrected chi connectivity index (χ0v) is 11.3. The number of nitrogens with one attached hydrogen (secondary N) is 1. The molecule has 0 saturated carbocycles. The lowest BCUT2D eigenvalue weighted by atomic mass is 10.1. The Morgan fingerprint density at radius 1 is 1.00 bits per heavy atom. The summed E-state index contributed by atoms with van der Waals surface area (Å²) in [7, 11) is 0. The molecule has 0 aliphatic carbocycles. The summed E-state index contributed by atoms with van der Waals surface area (Å²) in [6.45, 7) is 3.66. The van der Waals surface area contributed by atoms with Gasteiger partial charge in [0, 0.05) is 11.3 Å². The lowest BCUT2D eigenvalue weighted by molar-refractivity contribution is 0.0695. The fourth-order valence-corrected chi connectivity index (χ4v) is 1.84. The minimum absolute atomic E-state index is 0.187. The van der Waals surface area contributed by atoms with Crippen molar-refractivity contribution in [1.29, 1.82) is 0 Å². The molecular formula is C16H15NO3. The maximum Gasteiger partial charge on any atom is 0.336 e. The molecular weight excluding hydrogens is 254 g/mol. The first-order valence-electron chi connectivity index (χ1n) is 6.19. The van der Waals surface area contributed by atoms with Crippen molar-refractivity contribution >= 4 is 17.6 Å². The highest BCUT2D eigenvalue weighted by molar-refractivity contribution is 6.04. The van der Waals surface area contributed by atoms with E-state index in [2.05, 4.69) is 5.32 Å². The minimum atomic E-state index is -1.01. The van der Waals surface area contributed by atoms with Crippen LogP contribution in [0.5, 0.6) is 0 Å². The molecule has 102 valence electrons. The van der Waals surface area contributed by atoms with Crippen LogP contribution >= 0.6 is 0 Å². The van der Waals surface area contributed by atoms with Crippen LogP contribution in [0.4, 0.5) is 5.69 Å². The molecule has 0 aromatic heterocycles. The number of carboxylic acid groups (broad SMARTS) is 1. The van der Waals surface area contributed by atoms with Crippen molar-refractivity contribution < 1.29 is 14.7 Å². The van der Waals surface area contributed by atoms with Crippen LogP contribution in [0.1, 0.15) is 31.8 Å². The van der Waals surface area contributed by atoms with Crippen molar-refractivity contribution in [3.8, 4) is 0 Å². The summed E-state index contributed by atoms with van der Waals surface area (Å²) < 4.78 is 0. The third-order valence-corrected chi connectivity index (χ3v) is 3.04. The molecule has 4 heteroatoms. The SMILES string of the molecule is Cc1ccc(C(=O)Nc2ccc(C)c(C(=O)O)c2)cc1.